The first kappa shape index (κ1) is 78.9. The van der Waals surface area contributed by atoms with Gasteiger partial charge in [-0.25, -0.2) is 28.2 Å². The van der Waals surface area contributed by atoms with Crippen LogP contribution >= 0.6 is 28.2 Å². The maximum atomic E-state index is 9.55. The minimum atomic E-state index is -1.41. The maximum Gasteiger partial charge on any atom is 2.00 e. The van der Waals surface area contributed by atoms with Crippen molar-refractivity contribution < 1.29 is 68.3 Å². The largest absolute Gasteiger partial charge is 2.00 e. The molecule has 0 N–H and O–H groups in total. The summed E-state index contributed by atoms with van der Waals surface area (Å²) >= 11 is 0. The summed E-state index contributed by atoms with van der Waals surface area (Å²) < 4.78 is 0. The summed E-state index contributed by atoms with van der Waals surface area (Å²) in [6, 6.07) is 0. The molecule has 0 fully saturated rings. The van der Waals surface area contributed by atoms with E-state index >= 15 is 0 Å². The SMILES string of the molecule is CCP(=[N-])(CC)CC.CCP(=[N-])(CC)CC.CCP(=[N-])(CC)CC.CCP(=[N-])(CC)CC.[CH3-].[CH3-].[CH3-].[CH3-].[Mn+2].[Mn+2].[Mn+2].[Mn+2]. The Labute approximate surface area is 301 Å². The minimum absolute atomic E-state index is 0. The molecule has 0 aromatic heterocycles. The van der Waals surface area contributed by atoms with Gasteiger partial charge in [0.05, 0.1) is 0 Å². The quantitative estimate of drug-likeness (QED) is 0.107. The molecule has 40 heavy (non-hydrogen) atoms. The van der Waals surface area contributed by atoms with E-state index in [4.69, 9.17) is 0 Å². The van der Waals surface area contributed by atoms with Crippen molar-refractivity contribution in [3.05, 3.63) is 50.4 Å². The van der Waals surface area contributed by atoms with Gasteiger partial charge in [0.1, 0.15) is 0 Å². The van der Waals surface area contributed by atoms with Crippen LogP contribution in [0.4, 0.5) is 0 Å². The number of hydrogen-bond acceptors (Lipinski definition) is 0. The van der Waals surface area contributed by atoms with Crippen LogP contribution in [-0.2, 0) is 68.3 Å². The molecule has 0 amide bonds. The Morgan fingerprint density at radius 3 is 0.300 bits per heavy atom. The normalized spacial score (nSPS) is 9.50. The fraction of sp³-hybridized carbons (Fsp3) is 0.857. The molecule has 252 valence electrons. The Morgan fingerprint density at radius 2 is 0.300 bits per heavy atom. The van der Waals surface area contributed by atoms with Crippen molar-refractivity contribution in [1.29, 1.82) is 0 Å². The van der Waals surface area contributed by atoms with Crippen molar-refractivity contribution in [2.75, 3.05) is 73.9 Å². The molecular weight excluding hydrogens is 736 g/mol. The molecule has 0 atom stereocenters. The van der Waals surface area contributed by atoms with Gasteiger partial charge in [-0.1, -0.05) is 157 Å². The third-order valence-corrected chi connectivity index (χ3v) is 21.2. The molecule has 4 radical (unpaired) electrons. The summed E-state index contributed by atoms with van der Waals surface area (Å²) in [7, 11) is -5.65. The molecule has 0 aromatic rings. The minimum Gasteiger partial charge on any atom is -0.808 e. The average Bonchev–Trinajstić information content (AvgIpc) is 2.87. The van der Waals surface area contributed by atoms with Crippen LogP contribution in [-0.4, -0.2) is 73.9 Å². The smallest absolute Gasteiger partial charge is 0.808 e. The average molecular weight is 809 g/mol. The fourth-order valence-electron chi connectivity index (χ4n) is 2.68. The van der Waals surface area contributed by atoms with Crippen LogP contribution < -0.4 is 0 Å². The maximum absolute atomic E-state index is 9.55. The van der Waals surface area contributed by atoms with Crippen molar-refractivity contribution in [3.63, 3.8) is 0 Å². The molecule has 0 aromatic carbocycles. The first-order valence-electron chi connectivity index (χ1n) is 13.1. The van der Waals surface area contributed by atoms with Gasteiger partial charge in [0.25, 0.3) is 0 Å². The molecule has 0 rings (SSSR count). The zero-order valence-electron chi connectivity index (χ0n) is 29.6. The summed E-state index contributed by atoms with van der Waals surface area (Å²) in [6.07, 6.45) is 11.8. The van der Waals surface area contributed by atoms with Crippen LogP contribution in [0.25, 0.3) is 20.6 Å². The van der Waals surface area contributed by atoms with Gasteiger partial charge in [-0.05, 0) is 0 Å². The van der Waals surface area contributed by atoms with Gasteiger partial charge >= 0.3 is 68.3 Å². The summed E-state index contributed by atoms with van der Waals surface area (Å²) in [6.45, 7) is 24.8. The van der Waals surface area contributed by atoms with Gasteiger partial charge < -0.3 is 50.4 Å². The van der Waals surface area contributed by atoms with E-state index in [0.717, 1.165) is 73.9 Å². The number of nitrogens with zero attached hydrogens (tertiary/aromatic N) is 4. The Balaban J connectivity index is -0.0000000245. The van der Waals surface area contributed by atoms with E-state index in [1.165, 1.54) is 0 Å². The van der Waals surface area contributed by atoms with Crippen LogP contribution in [0.15, 0.2) is 0 Å². The third kappa shape index (κ3) is 43.1. The second-order valence-electron chi connectivity index (χ2n) is 8.18. The summed E-state index contributed by atoms with van der Waals surface area (Å²) in [5.41, 5.74) is 0. The van der Waals surface area contributed by atoms with Gasteiger partial charge in [-0.15, -0.1) is 0 Å². The van der Waals surface area contributed by atoms with E-state index in [1.807, 2.05) is 0 Å². The number of rotatable bonds is 12. The van der Waals surface area contributed by atoms with Crippen molar-refractivity contribution in [3.8, 4) is 0 Å². The first-order valence-corrected chi connectivity index (χ1v) is 22.3. The molecule has 0 aliphatic carbocycles. The van der Waals surface area contributed by atoms with E-state index in [2.05, 4.69) is 83.1 Å². The Kier molecular flexibility index (Phi) is 91.6. The molecule has 0 aliphatic rings. The molecule has 0 unspecified atom stereocenters. The van der Waals surface area contributed by atoms with Gasteiger partial charge in [0.15, 0.2) is 0 Å². The van der Waals surface area contributed by atoms with Crippen molar-refractivity contribution >= 4 is 28.2 Å². The molecule has 0 aliphatic heterocycles. The zero-order chi connectivity index (χ0) is 26.5. The molecule has 12 heteroatoms. The van der Waals surface area contributed by atoms with Crippen LogP contribution in [0.1, 0.15) is 83.1 Å². The molecule has 0 saturated heterocycles. The van der Waals surface area contributed by atoms with E-state index in [0.29, 0.717) is 0 Å². The predicted molar refractivity (Wildman–Crippen MR) is 193 cm³/mol. The molecule has 0 saturated carbocycles. The van der Waals surface area contributed by atoms with E-state index < -0.39 is 28.2 Å². The molecule has 0 heterocycles. The second kappa shape index (κ2) is 46.4. The summed E-state index contributed by atoms with van der Waals surface area (Å²) in [4.78, 5) is 0. The van der Waals surface area contributed by atoms with Crippen molar-refractivity contribution in [1.82, 2.24) is 0 Å². The van der Waals surface area contributed by atoms with Gasteiger partial charge in [-0.3, -0.25) is 0 Å². The second-order valence-corrected chi connectivity index (χ2v) is 24.5. The topological polar surface area (TPSA) is 89.2 Å². The molecule has 0 spiro atoms. The Bertz CT molecular complexity index is 443. The Hall–Kier alpha value is 3.00. The van der Waals surface area contributed by atoms with Crippen LogP contribution in [0.3, 0.4) is 0 Å². The molecule has 0 bridgehead atoms. The fourth-order valence-corrected chi connectivity index (χ4v) is 8.05. The van der Waals surface area contributed by atoms with E-state index in [9.17, 15) is 20.6 Å². The van der Waals surface area contributed by atoms with Gasteiger partial charge in [-0.2, -0.15) is 0 Å². The van der Waals surface area contributed by atoms with Crippen LogP contribution in [0.5, 0.6) is 0 Å². The molecule has 4 nitrogen and oxygen atoms in total. The summed E-state index contributed by atoms with van der Waals surface area (Å²) in [5, 5.41) is 38.2. The number of hydrogen-bond donors (Lipinski definition) is 0. The summed E-state index contributed by atoms with van der Waals surface area (Å²) in [5.74, 6) is 0. The van der Waals surface area contributed by atoms with E-state index in [-0.39, 0.29) is 98.0 Å². The molecular formula is C28H72Mn4N4P4. The van der Waals surface area contributed by atoms with Crippen molar-refractivity contribution in [2.45, 2.75) is 83.1 Å². The van der Waals surface area contributed by atoms with Gasteiger partial charge in [0, 0.05) is 0 Å². The Morgan fingerprint density at radius 1 is 0.250 bits per heavy atom. The first-order chi connectivity index (χ1) is 14.7. The standard InChI is InChI=1S/4C6H15NP.4CH3.4Mn/c4*1-4-8(7,5-2)6-3;;;;;;;;/h4*4-6H2,1-3H3;4*1H3;;;;/q8*-1;4*+2. The predicted octanol–water partition coefficient (Wildman–Crippen LogP) is 13.1. The monoisotopic (exact) mass is 808 g/mol. The van der Waals surface area contributed by atoms with Crippen molar-refractivity contribution in [2.24, 2.45) is 0 Å². The zero-order valence-corrected chi connectivity index (χ0v) is 37.9. The van der Waals surface area contributed by atoms with E-state index in [1.54, 1.807) is 0 Å². The van der Waals surface area contributed by atoms with Crippen LogP contribution in [0.2, 0.25) is 0 Å². The van der Waals surface area contributed by atoms with Crippen LogP contribution in [0, 0.1) is 29.7 Å². The van der Waals surface area contributed by atoms with Gasteiger partial charge in [0.2, 0.25) is 0 Å². The third-order valence-electron chi connectivity index (χ3n) is 7.06.